The summed E-state index contributed by atoms with van der Waals surface area (Å²) in [6.45, 7) is 0.544. The Labute approximate surface area is 132 Å². The van der Waals surface area contributed by atoms with Crippen molar-refractivity contribution < 1.29 is 9.53 Å². The van der Waals surface area contributed by atoms with E-state index in [1.807, 2.05) is 30.3 Å². The number of thiophene rings is 1. The van der Waals surface area contributed by atoms with Gasteiger partial charge in [-0.2, -0.15) is 0 Å². The topological polar surface area (TPSA) is 38.3 Å². The number of hydrogen-bond acceptors (Lipinski definition) is 3. The number of methoxy groups -OCH3 is 1. The molecule has 0 saturated heterocycles. The number of ether oxygens (including phenoxy) is 1. The molecular formula is C16H16ClNO2S. The maximum Gasteiger partial charge on any atom is 0.261 e. The number of halogens is 1. The lowest BCUT2D eigenvalue weighted by Crippen LogP contribution is -2.26. The lowest BCUT2D eigenvalue weighted by molar-refractivity contribution is 0.0941. The highest BCUT2D eigenvalue weighted by molar-refractivity contribution is 7.14. The first-order valence-corrected chi connectivity index (χ1v) is 8.03. The molecule has 1 amide bonds. The monoisotopic (exact) mass is 321 g/mol. The third-order valence-corrected chi connectivity index (χ3v) is 4.95. The van der Waals surface area contributed by atoms with E-state index >= 15 is 0 Å². The van der Waals surface area contributed by atoms with Crippen LogP contribution in [-0.4, -0.2) is 13.0 Å². The van der Waals surface area contributed by atoms with Crippen LogP contribution in [0, 0.1) is 0 Å². The predicted octanol–water partition coefficient (Wildman–Crippen LogP) is 3.97. The second-order valence-electron chi connectivity index (χ2n) is 5.11. The minimum Gasteiger partial charge on any atom is -0.379 e. The molecule has 0 unspecified atom stereocenters. The first-order chi connectivity index (χ1) is 10.2. The molecule has 0 spiro atoms. The Hall–Kier alpha value is -1.36. The van der Waals surface area contributed by atoms with Gasteiger partial charge in [0.2, 0.25) is 0 Å². The number of carbonyl (C=O) groups excluding carboxylic acids is 1. The van der Waals surface area contributed by atoms with Crippen molar-refractivity contribution in [3.8, 4) is 0 Å². The van der Waals surface area contributed by atoms with Crippen LogP contribution in [0.1, 0.15) is 38.1 Å². The van der Waals surface area contributed by atoms with Crippen molar-refractivity contribution >= 4 is 28.8 Å². The first-order valence-electron chi connectivity index (χ1n) is 6.84. The maximum absolute atomic E-state index is 12.3. The Balaban J connectivity index is 1.71. The van der Waals surface area contributed by atoms with Gasteiger partial charge < -0.3 is 10.1 Å². The van der Waals surface area contributed by atoms with Gasteiger partial charge in [0.1, 0.15) is 0 Å². The Morgan fingerprint density at radius 2 is 2.29 bits per heavy atom. The smallest absolute Gasteiger partial charge is 0.261 e. The van der Waals surface area contributed by atoms with E-state index in [1.165, 1.54) is 22.5 Å². The van der Waals surface area contributed by atoms with Crippen LogP contribution in [-0.2, 0) is 17.8 Å². The fourth-order valence-corrected chi connectivity index (χ4v) is 3.76. The molecule has 0 bridgehead atoms. The summed E-state index contributed by atoms with van der Waals surface area (Å²) in [6.07, 6.45) is 1.89. The SMILES string of the molecule is COCc1ccc(C(=O)N[C@@H]2CCc3cc(Cl)ccc32)s1. The molecule has 21 heavy (non-hydrogen) atoms. The fourth-order valence-electron chi connectivity index (χ4n) is 2.69. The minimum absolute atomic E-state index is 0.0184. The number of benzene rings is 1. The molecule has 3 nitrogen and oxygen atoms in total. The summed E-state index contributed by atoms with van der Waals surface area (Å²) in [5.41, 5.74) is 2.42. The van der Waals surface area contributed by atoms with Crippen LogP contribution in [0.15, 0.2) is 30.3 Å². The maximum atomic E-state index is 12.3. The van der Waals surface area contributed by atoms with Gasteiger partial charge in [0, 0.05) is 17.0 Å². The minimum atomic E-state index is -0.0184. The first kappa shape index (κ1) is 14.6. The average Bonchev–Trinajstić information content (AvgIpc) is 3.06. The molecule has 1 aromatic carbocycles. The molecule has 1 aromatic heterocycles. The molecule has 0 fully saturated rings. The molecule has 0 radical (unpaired) electrons. The molecule has 1 aliphatic carbocycles. The molecule has 0 saturated carbocycles. The summed E-state index contributed by atoms with van der Waals surface area (Å²) in [5, 5.41) is 3.87. The van der Waals surface area contributed by atoms with Crippen LogP contribution in [0.25, 0.3) is 0 Å². The summed E-state index contributed by atoms with van der Waals surface area (Å²) < 4.78 is 5.08. The van der Waals surface area contributed by atoms with Crippen LogP contribution in [0.3, 0.4) is 0 Å². The highest BCUT2D eigenvalue weighted by Gasteiger charge is 2.24. The van der Waals surface area contributed by atoms with Gasteiger partial charge in [-0.1, -0.05) is 17.7 Å². The largest absolute Gasteiger partial charge is 0.379 e. The van der Waals surface area contributed by atoms with Crippen LogP contribution in [0.2, 0.25) is 5.02 Å². The summed E-state index contributed by atoms with van der Waals surface area (Å²) in [5.74, 6) is -0.0184. The normalized spacial score (nSPS) is 16.8. The Kier molecular flexibility index (Phi) is 4.29. The van der Waals surface area contributed by atoms with Crippen molar-refractivity contribution in [2.75, 3.05) is 7.11 Å². The number of rotatable bonds is 4. The average molecular weight is 322 g/mol. The van der Waals surface area contributed by atoms with Crippen LogP contribution in [0.5, 0.6) is 0 Å². The third kappa shape index (κ3) is 3.12. The fraction of sp³-hybridized carbons (Fsp3) is 0.312. The second-order valence-corrected chi connectivity index (χ2v) is 6.71. The van der Waals surface area contributed by atoms with Gasteiger partial charge in [0.05, 0.1) is 17.5 Å². The van der Waals surface area contributed by atoms with Gasteiger partial charge in [-0.15, -0.1) is 11.3 Å². The molecular weight excluding hydrogens is 306 g/mol. The van der Waals surface area contributed by atoms with E-state index in [9.17, 15) is 4.79 Å². The van der Waals surface area contributed by atoms with Crippen molar-refractivity contribution in [2.24, 2.45) is 0 Å². The molecule has 110 valence electrons. The molecule has 0 aliphatic heterocycles. The third-order valence-electron chi connectivity index (χ3n) is 3.66. The lowest BCUT2D eigenvalue weighted by Gasteiger charge is -2.13. The number of fused-ring (bicyclic) bond motifs is 1. The summed E-state index contributed by atoms with van der Waals surface area (Å²) in [4.78, 5) is 14.1. The second kappa shape index (κ2) is 6.18. The Morgan fingerprint density at radius 1 is 1.43 bits per heavy atom. The Bertz CT molecular complexity index is 668. The van der Waals surface area contributed by atoms with Gasteiger partial charge in [-0.3, -0.25) is 4.79 Å². The Morgan fingerprint density at radius 3 is 3.10 bits per heavy atom. The molecule has 3 rings (SSSR count). The number of aryl methyl sites for hydroxylation is 1. The number of amides is 1. The van der Waals surface area contributed by atoms with E-state index in [1.54, 1.807) is 7.11 Å². The van der Waals surface area contributed by atoms with Gasteiger partial charge in [0.25, 0.3) is 5.91 Å². The molecule has 1 heterocycles. The highest BCUT2D eigenvalue weighted by Crippen LogP contribution is 2.33. The van der Waals surface area contributed by atoms with E-state index in [0.29, 0.717) is 6.61 Å². The molecule has 1 aliphatic rings. The van der Waals surface area contributed by atoms with Crippen molar-refractivity contribution in [3.63, 3.8) is 0 Å². The number of carbonyl (C=O) groups is 1. The summed E-state index contributed by atoms with van der Waals surface area (Å²) in [7, 11) is 1.65. The zero-order valence-electron chi connectivity index (χ0n) is 11.7. The molecule has 5 heteroatoms. The van der Waals surface area contributed by atoms with E-state index in [4.69, 9.17) is 16.3 Å². The molecule has 2 aromatic rings. The standard InChI is InChI=1S/C16H16ClNO2S/c1-20-9-12-4-7-15(21-12)16(19)18-14-6-2-10-8-11(17)3-5-13(10)14/h3-5,7-8,14H,2,6,9H2,1H3,(H,18,19)/t14-/m1/s1. The van der Waals surface area contributed by atoms with Crippen LogP contribution < -0.4 is 5.32 Å². The van der Waals surface area contributed by atoms with Gasteiger partial charge >= 0.3 is 0 Å². The van der Waals surface area contributed by atoms with Crippen molar-refractivity contribution in [3.05, 3.63) is 56.2 Å². The van der Waals surface area contributed by atoms with Gasteiger partial charge in [0.15, 0.2) is 0 Å². The highest BCUT2D eigenvalue weighted by atomic mass is 35.5. The lowest BCUT2D eigenvalue weighted by atomic mass is 10.1. The zero-order valence-corrected chi connectivity index (χ0v) is 13.3. The van der Waals surface area contributed by atoms with E-state index < -0.39 is 0 Å². The number of hydrogen-bond donors (Lipinski definition) is 1. The van der Waals surface area contributed by atoms with Crippen LogP contribution in [0.4, 0.5) is 0 Å². The van der Waals surface area contributed by atoms with Crippen LogP contribution >= 0.6 is 22.9 Å². The number of nitrogens with one attached hydrogen (secondary N) is 1. The zero-order chi connectivity index (χ0) is 14.8. The van der Waals surface area contributed by atoms with Gasteiger partial charge in [-0.25, -0.2) is 0 Å². The molecule has 1 atom stereocenters. The van der Waals surface area contributed by atoms with Crippen molar-refractivity contribution in [1.82, 2.24) is 5.32 Å². The predicted molar refractivity (Wildman–Crippen MR) is 85.0 cm³/mol. The van der Waals surface area contributed by atoms with Crippen molar-refractivity contribution in [2.45, 2.75) is 25.5 Å². The van der Waals surface area contributed by atoms with E-state index in [2.05, 4.69) is 5.32 Å². The van der Waals surface area contributed by atoms with Gasteiger partial charge in [-0.05, 0) is 48.2 Å². The summed E-state index contributed by atoms with van der Waals surface area (Å²) >= 11 is 7.48. The summed E-state index contributed by atoms with van der Waals surface area (Å²) in [6, 6.07) is 9.76. The van der Waals surface area contributed by atoms with E-state index in [0.717, 1.165) is 27.6 Å². The molecule has 1 N–H and O–H groups in total. The van der Waals surface area contributed by atoms with Crippen molar-refractivity contribution in [1.29, 1.82) is 0 Å². The quantitative estimate of drug-likeness (QED) is 0.925. The van der Waals surface area contributed by atoms with E-state index in [-0.39, 0.29) is 11.9 Å².